The Labute approximate surface area is 137 Å². The Kier molecular flexibility index (Phi) is 4.72. The van der Waals surface area contributed by atoms with E-state index in [2.05, 4.69) is 52.1 Å². The average Bonchev–Trinajstić information content (AvgIpc) is 3.34. The molecule has 21 heavy (non-hydrogen) atoms. The summed E-state index contributed by atoms with van der Waals surface area (Å²) >= 11 is 3.68. The molecule has 0 amide bonds. The van der Waals surface area contributed by atoms with Crippen LogP contribution in [0.25, 0.3) is 0 Å². The molecule has 0 bridgehead atoms. The van der Waals surface area contributed by atoms with Crippen LogP contribution in [-0.4, -0.2) is 24.0 Å². The lowest BCUT2D eigenvalue weighted by Gasteiger charge is -2.47. The molecule has 0 spiro atoms. The highest BCUT2D eigenvalue weighted by Gasteiger charge is 2.43. The number of hydrogen-bond acceptors (Lipinski definition) is 2. The van der Waals surface area contributed by atoms with Crippen LogP contribution in [0.15, 0.2) is 28.7 Å². The van der Waals surface area contributed by atoms with Gasteiger partial charge < -0.3 is 5.73 Å². The van der Waals surface area contributed by atoms with Crippen LogP contribution < -0.4 is 5.73 Å². The second-order valence-corrected chi connectivity index (χ2v) is 7.92. The maximum atomic E-state index is 6.26. The lowest BCUT2D eigenvalue weighted by Crippen LogP contribution is -2.54. The second-order valence-electron chi connectivity index (χ2n) is 7.07. The summed E-state index contributed by atoms with van der Waals surface area (Å²) in [6.45, 7) is 1.77. The summed E-state index contributed by atoms with van der Waals surface area (Å²) in [6.07, 6.45) is 8.25. The van der Waals surface area contributed by atoms with Crippen molar-refractivity contribution in [3.05, 3.63) is 34.3 Å². The van der Waals surface area contributed by atoms with Gasteiger partial charge in [-0.1, -0.05) is 47.0 Å². The lowest BCUT2D eigenvalue weighted by atomic mass is 9.73. The number of likely N-dealkylation sites (N-methyl/N-ethyl adjacent to an activating group) is 1. The number of rotatable bonds is 5. The van der Waals surface area contributed by atoms with Crippen molar-refractivity contribution >= 4 is 15.9 Å². The van der Waals surface area contributed by atoms with Gasteiger partial charge in [0.2, 0.25) is 0 Å². The molecule has 0 aromatic heterocycles. The van der Waals surface area contributed by atoms with Gasteiger partial charge in [0.25, 0.3) is 0 Å². The summed E-state index contributed by atoms with van der Waals surface area (Å²) in [6, 6.07) is 8.55. The molecule has 0 saturated heterocycles. The van der Waals surface area contributed by atoms with E-state index < -0.39 is 0 Å². The van der Waals surface area contributed by atoms with E-state index in [-0.39, 0.29) is 5.54 Å². The molecule has 0 heterocycles. The number of hydrogen-bond donors (Lipinski definition) is 1. The summed E-state index contributed by atoms with van der Waals surface area (Å²) in [4.78, 5) is 2.53. The Morgan fingerprint density at radius 2 is 2.00 bits per heavy atom. The van der Waals surface area contributed by atoms with Crippen molar-refractivity contribution in [3.8, 4) is 0 Å². The SMILES string of the molecule is CN(Cc1ccccc1Br)C1(CN)CCCC(C2CC2)C1. The van der Waals surface area contributed by atoms with Gasteiger partial charge >= 0.3 is 0 Å². The highest BCUT2D eigenvalue weighted by Crippen LogP contribution is 2.48. The molecular formula is C18H27BrN2. The Morgan fingerprint density at radius 1 is 1.24 bits per heavy atom. The average molecular weight is 351 g/mol. The number of halogens is 1. The van der Waals surface area contributed by atoms with Crippen LogP contribution in [0.5, 0.6) is 0 Å². The lowest BCUT2D eigenvalue weighted by molar-refractivity contribution is 0.0457. The molecule has 0 radical (unpaired) electrons. The standard InChI is InChI=1S/C18H27BrN2/c1-21(12-16-5-2-3-7-17(16)19)18(13-20)10-4-6-15(11-18)14-8-9-14/h2-3,5,7,14-15H,4,6,8-13,20H2,1H3. The predicted octanol–water partition coefficient (Wildman–Crippen LogP) is 4.18. The molecular weight excluding hydrogens is 324 g/mol. The second kappa shape index (κ2) is 6.39. The molecule has 116 valence electrons. The third kappa shape index (κ3) is 3.35. The third-order valence-electron chi connectivity index (χ3n) is 5.70. The van der Waals surface area contributed by atoms with Crippen molar-refractivity contribution in [2.45, 2.75) is 50.6 Å². The molecule has 3 heteroatoms. The third-order valence-corrected chi connectivity index (χ3v) is 6.48. The monoisotopic (exact) mass is 350 g/mol. The molecule has 1 aromatic carbocycles. The molecule has 2 aliphatic rings. The van der Waals surface area contributed by atoms with Crippen LogP contribution in [0.2, 0.25) is 0 Å². The minimum Gasteiger partial charge on any atom is -0.329 e. The fourth-order valence-corrected chi connectivity index (χ4v) is 4.50. The van der Waals surface area contributed by atoms with Gasteiger partial charge in [0.1, 0.15) is 0 Å². The van der Waals surface area contributed by atoms with E-state index in [1.807, 2.05) is 0 Å². The summed E-state index contributed by atoms with van der Waals surface area (Å²) in [5.41, 5.74) is 7.83. The molecule has 2 N–H and O–H groups in total. The van der Waals surface area contributed by atoms with Crippen LogP contribution in [0.1, 0.15) is 44.1 Å². The van der Waals surface area contributed by atoms with Gasteiger partial charge in [-0.3, -0.25) is 4.90 Å². The van der Waals surface area contributed by atoms with Gasteiger partial charge in [0.05, 0.1) is 0 Å². The summed E-state index contributed by atoms with van der Waals surface area (Å²) < 4.78 is 1.21. The predicted molar refractivity (Wildman–Crippen MR) is 92.1 cm³/mol. The molecule has 2 aliphatic carbocycles. The van der Waals surface area contributed by atoms with Gasteiger partial charge in [-0.05, 0) is 56.2 Å². The molecule has 1 aromatic rings. The summed E-state index contributed by atoms with van der Waals surface area (Å²) in [7, 11) is 2.27. The van der Waals surface area contributed by atoms with E-state index in [1.54, 1.807) is 0 Å². The highest BCUT2D eigenvalue weighted by molar-refractivity contribution is 9.10. The van der Waals surface area contributed by atoms with Crippen LogP contribution in [0.4, 0.5) is 0 Å². The van der Waals surface area contributed by atoms with E-state index in [0.29, 0.717) is 0 Å². The van der Waals surface area contributed by atoms with E-state index in [4.69, 9.17) is 5.73 Å². The zero-order chi connectivity index (χ0) is 14.9. The molecule has 2 fully saturated rings. The van der Waals surface area contributed by atoms with E-state index >= 15 is 0 Å². The first-order valence-electron chi connectivity index (χ1n) is 8.29. The van der Waals surface area contributed by atoms with Gasteiger partial charge in [0, 0.05) is 23.1 Å². The maximum absolute atomic E-state index is 6.26. The van der Waals surface area contributed by atoms with Gasteiger partial charge in [-0.25, -0.2) is 0 Å². The number of nitrogens with two attached hydrogens (primary N) is 1. The van der Waals surface area contributed by atoms with Crippen LogP contribution >= 0.6 is 15.9 Å². The molecule has 2 unspecified atom stereocenters. The van der Waals surface area contributed by atoms with E-state index in [1.165, 1.54) is 48.6 Å². The molecule has 2 atom stereocenters. The van der Waals surface area contributed by atoms with Crippen LogP contribution in [-0.2, 0) is 6.54 Å². The fraction of sp³-hybridized carbons (Fsp3) is 0.667. The van der Waals surface area contributed by atoms with Crippen LogP contribution in [0.3, 0.4) is 0 Å². The minimum absolute atomic E-state index is 0.209. The number of benzene rings is 1. The Balaban J connectivity index is 1.73. The van der Waals surface area contributed by atoms with Crippen LogP contribution in [0, 0.1) is 11.8 Å². The van der Waals surface area contributed by atoms with Crippen molar-refractivity contribution < 1.29 is 0 Å². The first kappa shape index (κ1) is 15.5. The van der Waals surface area contributed by atoms with Crippen molar-refractivity contribution in [2.75, 3.05) is 13.6 Å². The molecule has 2 nitrogen and oxygen atoms in total. The van der Waals surface area contributed by atoms with Crippen molar-refractivity contribution in [1.29, 1.82) is 0 Å². The first-order valence-corrected chi connectivity index (χ1v) is 9.09. The maximum Gasteiger partial charge on any atom is 0.0334 e. The largest absolute Gasteiger partial charge is 0.329 e. The van der Waals surface area contributed by atoms with Gasteiger partial charge in [-0.15, -0.1) is 0 Å². The molecule has 0 aliphatic heterocycles. The normalized spacial score (nSPS) is 29.8. The highest BCUT2D eigenvalue weighted by atomic mass is 79.9. The van der Waals surface area contributed by atoms with E-state index in [0.717, 1.165) is 24.9 Å². The zero-order valence-corrected chi connectivity index (χ0v) is 14.6. The Bertz CT molecular complexity index is 486. The minimum atomic E-state index is 0.209. The van der Waals surface area contributed by atoms with Gasteiger partial charge in [-0.2, -0.15) is 0 Å². The summed E-state index contributed by atoms with van der Waals surface area (Å²) in [5.74, 6) is 1.93. The number of nitrogens with zero attached hydrogens (tertiary/aromatic N) is 1. The zero-order valence-electron chi connectivity index (χ0n) is 13.0. The molecule has 2 saturated carbocycles. The molecule has 3 rings (SSSR count). The Morgan fingerprint density at radius 3 is 2.67 bits per heavy atom. The Hall–Kier alpha value is -0.380. The van der Waals surface area contributed by atoms with Crippen molar-refractivity contribution in [3.63, 3.8) is 0 Å². The van der Waals surface area contributed by atoms with Crippen molar-refractivity contribution in [2.24, 2.45) is 17.6 Å². The quantitative estimate of drug-likeness (QED) is 0.862. The van der Waals surface area contributed by atoms with Crippen molar-refractivity contribution in [1.82, 2.24) is 4.90 Å². The summed E-state index contributed by atoms with van der Waals surface area (Å²) in [5, 5.41) is 0. The first-order chi connectivity index (χ1) is 10.1. The van der Waals surface area contributed by atoms with Gasteiger partial charge in [0.15, 0.2) is 0 Å². The smallest absolute Gasteiger partial charge is 0.0334 e. The topological polar surface area (TPSA) is 29.3 Å². The van der Waals surface area contributed by atoms with E-state index in [9.17, 15) is 0 Å². The fourth-order valence-electron chi connectivity index (χ4n) is 4.09.